The smallest absolute Gasteiger partial charge is 0.388 e. The Morgan fingerprint density at radius 3 is 2.07 bits per heavy atom. The molecule has 14 heteroatoms. The van der Waals surface area contributed by atoms with Gasteiger partial charge in [0.2, 0.25) is 5.91 Å². The van der Waals surface area contributed by atoms with Crippen molar-refractivity contribution in [1.29, 1.82) is 0 Å². The number of aliphatic hydroxyl groups is 3. The number of amides is 1. The number of nitrogens with zero attached hydrogens (tertiary/aromatic N) is 1. The number of halogens is 1. The molecule has 0 aromatic carbocycles. The van der Waals surface area contributed by atoms with Crippen LogP contribution in [0, 0.1) is 5.92 Å². The Morgan fingerprint density at radius 2 is 1.57 bits per heavy atom. The Kier molecular flexibility index (Phi) is 21.3. The molecule has 0 unspecified atom stereocenters. The fourth-order valence-electron chi connectivity index (χ4n) is 5.87. The van der Waals surface area contributed by atoms with E-state index in [9.17, 15) is 28.5 Å². The molecule has 0 aromatic heterocycles. The summed E-state index contributed by atoms with van der Waals surface area (Å²) in [6.07, 6.45) is 11.8. The van der Waals surface area contributed by atoms with E-state index in [1.807, 2.05) is 11.9 Å². The topological polar surface area (TPSA) is 166 Å². The molecule has 0 radical (unpaired) electrons. The van der Waals surface area contributed by atoms with Gasteiger partial charge < -0.3 is 25.4 Å². The standard InChI is InChI=1S/C18H33ClN2O5S.C12H26O4S/c1-5-6-10-7-11(21(3)8-10)17(25)20-12(9(2)19)16-14(23)13(22)15(24)18(26-16)27-4;1-2-3-4-5-6-7-8-9-10-11-12-16-17(13,14)15/h9-16,18,22-24H,5-8H2,1-4H3,(H,20,25);2-12H2,1H3,(H,13,14,15)/t9-,10+,11-,12+,13-,14+,15+,16+,18+;/m0./s1. The Morgan fingerprint density at radius 1 is 1.00 bits per heavy atom. The summed E-state index contributed by atoms with van der Waals surface area (Å²) < 4.78 is 38.8. The van der Waals surface area contributed by atoms with E-state index in [-0.39, 0.29) is 18.6 Å². The molecule has 0 aromatic rings. The van der Waals surface area contributed by atoms with Crippen molar-refractivity contribution in [2.75, 3.05) is 26.5 Å². The number of alkyl halides is 1. The van der Waals surface area contributed by atoms with E-state index in [0.29, 0.717) is 12.3 Å². The summed E-state index contributed by atoms with van der Waals surface area (Å²) in [5, 5.41) is 33.0. The van der Waals surface area contributed by atoms with Crippen LogP contribution in [0.15, 0.2) is 0 Å². The molecule has 0 saturated carbocycles. The first-order valence-electron chi connectivity index (χ1n) is 16.3. The third-order valence-corrected chi connectivity index (χ3v) is 9.95. The van der Waals surface area contributed by atoms with E-state index in [0.717, 1.165) is 38.6 Å². The third kappa shape index (κ3) is 15.6. The van der Waals surface area contributed by atoms with Gasteiger partial charge in [0, 0.05) is 6.54 Å². The van der Waals surface area contributed by atoms with Gasteiger partial charge in [-0.1, -0.05) is 78.1 Å². The monoisotopic (exact) mass is 690 g/mol. The lowest BCUT2D eigenvalue weighted by Gasteiger charge is -2.44. The summed E-state index contributed by atoms with van der Waals surface area (Å²) in [5.74, 6) is 0.350. The number of hydrogen-bond donors (Lipinski definition) is 5. The lowest BCUT2D eigenvalue weighted by Crippen LogP contribution is -2.65. The number of thioether (sulfide) groups is 1. The lowest BCUT2D eigenvalue weighted by molar-refractivity contribution is -0.205. The number of carbonyl (C=O) groups excluding carboxylic acids is 1. The zero-order valence-electron chi connectivity index (χ0n) is 27.3. The minimum Gasteiger partial charge on any atom is -0.388 e. The number of carbonyl (C=O) groups is 1. The molecule has 0 aliphatic carbocycles. The van der Waals surface area contributed by atoms with Crippen LogP contribution in [0.4, 0.5) is 0 Å². The van der Waals surface area contributed by atoms with Gasteiger partial charge >= 0.3 is 10.4 Å². The maximum atomic E-state index is 12.9. The highest BCUT2D eigenvalue weighted by atomic mass is 35.5. The second-order valence-corrected chi connectivity index (χ2v) is 14.9. The zero-order valence-corrected chi connectivity index (χ0v) is 29.7. The Labute approximate surface area is 275 Å². The second-order valence-electron chi connectivity index (χ2n) is 12.2. The van der Waals surface area contributed by atoms with Crippen molar-refractivity contribution in [3.05, 3.63) is 0 Å². The van der Waals surface area contributed by atoms with Gasteiger partial charge in [0.1, 0.15) is 29.9 Å². The molecule has 2 saturated heterocycles. The van der Waals surface area contributed by atoms with Gasteiger partial charge in [0.25, 0.3) is 0 Å². The van der Waals surface area contributed by atoms with Crippen molar-refractivity contribution >= 4 is 39.7 Å². The van der Waals surface area contributed by atoms with E-state index >= 15 is 0 Å². The SMILES string of the molecule is CCCCCCCCCCCCOS(=O)(=O)O.CCC[C@@H]1C[C@@H](C(=O)N[C@@H]([C@H]2O[C@H](SC)[C@H](O)[C@@H](O)[C@H]2O)[C@H](C)Cl)N(C)C1. The first-order chi connectivity index (χ1) is 20.8. The summed E-state index contributed by atoms with van der Waals surface area (Å²) in [5.41, 5.74) is -0.702. The molecule has 2 aliphatic rings. The van der Waals surface area contributed by atoms with Gasteiger partial charge in [0.15, 0.2) is 0 Å². The van der Waals surface area contributed by atoms with Crippen molar-refractivity contribution in [2.24, 2.45) is 5.92 Å². The normalized spacial score (nSPS) is 29.1. The van der Waals surface area contributed by atoms with Gasteiger partial charge in [-0.3, -0.25) is 14.2 Å². The van der Waals surface area contributed by atoms with Crippen molar-refractivity contribution in [3.63, 3.8) is 0 Å². The predicted octanol–water partition coefficient (Wildman–Crippen LogP) is 4.12. The number of rotatable bonds is 19. The molecule has 2 rings (SSSR count). The van der Waals surface area contributed by atoms with Crippen molar-refractivity contribution in [3.8, 4) is 0 Å². The van der Waals surface area contributed by atoms with E-state index in [1.165, 1.54) is 56.7 Å². The molecule has 5 N–H and O–H groups in total. The molecule has 0 spiro atoms. The number of aliphatic hydroxyl groups excluding tert-OH is 3. The average Bonchev–Trinajstić information content (AvgIpc) is 3.33. The third-order valence-electron chi connectivity index (χ3n) is 8.36. The van der Waals surface area contributed by atoms with Gasteiger partial charge in [-0.2, -0.15) is 8.42 Å². The fraction of sp³-hybridized carbons (Fsp3) is 0.967. The maximum absolute atomic E-state index is 12.9. The number of likely N-dealkylation sites (tertiary alicyclic amines) is 1. The highest BCUT2D eigenvalue weighted by Crippen LogP contribution is 2.31. The van der Waals surface area contributed by atoms with Crippen LogP contribution in [0.5, 0.6) is 0 Å². The van der Waals surface area contributed by atoms with Crippen molar-refractivity contribution in [2.45, 2.75) is 152 Å². The van der Waals surface area contributed by atoms with Crippen molar-refractivity contribution < 1.29 is 42.0 Å². The number of nitrogens with one attached hydrogen (secondary N) is 1. The van der Waals surface area contributed by atoms with Gasteiger partial charge in [0.05, 0.1) is 24.1 Å². The fourth-order valence-corrected chi connectivity index (χ4v) is 7.08. The molecular formula is C30H59ClN2O9S2. The van der Waals surface area contributed by atoms with Crippen LogP contribution in [0.1, 0.15) is 104 Å². The minimum atomic E-state index is -4.23. The van der Waals surface area contributed by atoms with Crippen molar-refractivity contribution in [1.82, 2.24) is 10.2 Å². The summed E-state index contributed by atoms with van der Waals surface area (Å²) >= 11 is 7.55. The summed E-state index contributed by atoms with van der Waals surface area (Å²) in [7, 11) is -2.30. The first kappa shape index (κ1) is 41.8. The predicted molar refractivity (Wildman–Crippen MR) is 176 cm³/mol. The van der Waals surface area contributed by atoms with Crippen LogP contribution < -0.4 is 5.32 Å². The molecule has 0 bridgehead atoms. The average molecular weight is 691 g/mol. The number of ether oxygens (including phenoxy) is 1. The molecule has 44 heavy (non-hydrogen) atoms. The first-order valence-corrected chi connectivity index (χ1v) is 19.3. The molecule has 9 atom stereocenters. The highest BCUT2D eigenvalue weighted by molar-refractivity contribution is 7.99. The molecular weight excluding hydrogens is 632 g/mol. The minimum absolute atomic E-state index is 0.0926. The molecule has 2 heterocycles. The van der Waals surface area contributed by atoms with Gasteiger partial charge in [-0.05, 0) is 45.4 Å². The molecule has 262 valence electrons. The largest absolute Gasteiger partial charge is 0.397 e. The van der Waals surface area contributed by atoms with Crippen LogP contribution in [0.3, 0.4) is 0 Å². The van der Waals surface area contributed by atoms with E-state index in [2.05, 4.69) is 23.3 Å². The van der Waals surface area contributed by atoms with Crippen LogP contribution in [-0.2, 0) is 24.1 Å². The Balaban J connectivity index is 0.000000493. The zero-order chi connectivity index (χ0) is 33.3. The van der Waals surface area contributed by atoms with Gasteiger partial charge in [-0.15, -0.1) is 23.4 Å². The Bertz CT molecular complexity index is 885. The van der Waals surface area contributed by atoms with E-state index in [1.54, 1.807) is 13.2 Å². The summed E-state index contributed by atoms with van der Waals surface area (Å²) in [6.45, 7) is 7.05. The molecule has 2 fully saturated rings. The van der Waals surface area contributed by atoms with Crippen LogP contribution >= 0.6 is 23.4 Å². The van der Waals surface area contributed by atoms with E-state index in [4.69, 9.17) is 20.9 Å². The summed E-state index contributed by atoms with van der Waals surface area (Å²) in [4.78, 5) is 14.9. The molecule has 11 nitrogen and oxygen atoms in total. The second kappa shape index (κ2) is 22.4. The molecule has 2 aliphatic heterocycles. The van der Waals surface area contributed by atoms with E-state index < -0.39 is 51.7 Å². The maximum Gasteiger partial charge on any atom is 0.397 e. The number of unbranched alkanes of at least 4 members (excludes halogenated alkanes) is 9. The quantitative estimate of drug-likeness (QED) is 0.0752. The van der Waals surface area contributed by atoms with Gasteiger partial charge in [-0.25, -0.2) is 4.18 Å². The Hall–Kier alpha value is -0.220. The summed E-state index contributed by atoms with van der Waals surface area (Å²) in [6, 6.07) is -0.934. The molecule has 1 amide bonds. The van der Waals surface area contributed by atoms with Crippen LogP contribution in [0.25, 0.3) is 0 Å². The highest BCUT2D eigenvalue weighted by Gasteiger charge is 2.48. The number of likely N-dealkylation sites (N-methyl/N-ethyl adjacent to an activating group) is 1. The lowest BCUT2D eigenvalue weighted by atomic mass is 9.92. The van der Waals surface area contributed by atoms with Crippen LogP contribution in [0.2, 0.25) is 0 Å². The van der Waals surface area contributed by atoms with Crippen LogP contribution in [-0.4, -0.2) is 113 Å². The number of hydrogen-bond acceptors (Lipinski definition) is 10.